The summed E-state index contributed by atoms with van der Waals surface area (Å²) in [5.41, 5.74) is 5.89. The molecule has 0 aliphatic carbocycles. The van der Waals surface area contributed by atoms with Crippen molar-refractivity contribution in [1.29, 1.82) is 0 Å². The molecular formula is C14H19N3O6. The lowest BCUT2D eigenvalue weighted by Crippen LogP contribution is -2.42. The van der Waals surface area contributed by atoms with Gasteiger partial charge in [0, 0.05) is 5.69 Å². The second-order valence-corrected chi connectivity index (χ2v) is 4.75. The molecule has 1 aromatic heterocycles. The van der Waals surface area contributed by atoms with Crippen LogP contribution < -0.4 is 11.1 Å². The number of H-pyrrole nitrogens is 1. The molecule has 0 aromatic carbocycles. The van der Waals surface area contributed by atoms with E-state index >= 15 is 0 Å². The predicted molar refractivity (Wildman–Crippen MR) is 78.8 cm³/mol. The Labute approximate surface area is 132 Å². The molecular weight excluding hydrogens is 306 g/mol. The minimum atomic E-state index is -1.23. The number of aromatic amines is 1. The maximum Gasteiger partial charge on any atom is 0.355 e. The number of nitrogens with two attached hydrogens (primary N) is 1. The third-order valence-electron chi connectivity index (χ3n) is 3.02. The summed E-state index contributed by atoms with van der Waals surface area (Å²) in [7, 11) is 0. The average molecular weight is 325 g/mol. The Morgan fingerprint density at radius 2 is 1.83 bits per heavy atom. The van der Waals surface area contributed by atoms with Crippen molar-refractivity contribution in [3.05, 3.63) is 22.5 Å². The van der Waals surface area contributed by atoms with Gasteiger partial charge in [-0.3, -0.25) is 10.1 Å². The van der Waals surface area contributed by atoms with E-state index in [0.717, 1.165) is 0 Å². The number of carbonyl (C=O) groups excluding carboxylic acids is 4. The third kappa shape index (κ3) is 4.31. The highest BCUT2D eigenvalue weighted by Gasteiger charge is 2.26. The van der Waals surface area contributed by atoms with E-state index in [-0.39, 0.29) is 17.9 Å². The first-order valence-corrected chi connectivity index (χ1v) is 6.86. The van der Waals surface area contributed by atoms with Crippen LogP contribution in [-0.2, 0) is 14.3 Å². The molecule has 0 saturated heterocycles. The van der Waals surface area contributed by atoms with Crippen LogP contribution in [-0.4, -0.2) is 41.6 Å². The van der Waals surface area contributed by atoms with Gasteiger partial charge in [0.05, 0.1) is 12.2 Å². The number of urea groups is 1. The van der Waals surface area contributed by atoms with Crippen LogP contribution in [0, 0.1) is 13.8 Å². The zero-order valence-electron chi connectivity index (χ0n) is 13.3. The Balaban J connectivity index is 2.93. The maximum absolute atomic E-state index is 12.1. The van der Waals surface area contributed by atoms with Crippen LogP contribution in [0.25, 0.3) is 0 Å². The highest BCUT2D eigenvalue weighted by molar-refractivity contribution is 6.00. The summed E-state index contributed by atoms with van der Waals surface area (Å²) in [6.45, 7) is 6.32. The van der Waals surface area contributed by atoms with Gasteiger partial charge in [0.2, 0.25) is 0 Å². The standard InChI is InChI=1S/C14H19N3O6/c1-5-22-12(19)9-6(2)10(16-7(9)3)13(20)23-8(4)11(18)17-14(15)21/h8,16H,5H2,1-4H3,(H3,15,17,18,21)/t8-/m0/s1. The second kappa shape index (κ2) is 7.43. The van der Waals surface area contributed by atoms with E-state index in [9.17, 15) is 19.2 Å². The van der Waals surface area contributed by atoms with E-state index in [0.29, 0.717) is 11.3 Å². The Morgan fingerprint density at radius 1 is 1.22 bits per heavy atom. The summed E-state index contributed by atoms with van der Waals surface area (Å²) in [5, 5.41) is 1.80. The van der Waals surface area contributed by atoms with Crippen LogP contribution in [0.3, 0.4) is 0 Å². The van der Waals surface area contributed by atoms with Gasteiger partial charge in [0.1, 0.15) is 5.69 Å². The monoisotopic (exact) mass is 325 g/mol. The molecule has 1 aromatic rings. The van der Waals surface area contributed by atoms with E-state index in [1.54, 1.807) is 26.1 Å². The van der Waals surface area contributed by atoms with Gasteiger partial charge in [-0.05, 0) is 33.3 Å². The Kier molecular flexibility index (Phi) is 5.88. The number of hydrogen-bond donors (Lipinski definition) is 3. The number of amides is 3. The number of rotatable bonds is 5. The number of imide groups is 1. The Bertz CT molecular complexity index is 649. The fourth-order valence-corrected chi connectivity index (χ4v) is 1.96. The van der Waals surface area contributed by atoms with Gasteiger partial charge in [-0.15, -0.1) is 0 Å². The number of ether oxygens (including phenoxy) is 2. The van der Waals surface area contributed by atoms with Crippen LogP contribution >= 0.6 is 0 Å². The highest BCUT2D eigenvalue weighted by atomic mass is 16.5. The second-order valence-electron chi connectivity index (χ2n) is 4.75. The van der Waals surface area contributed by atoms with Gasteiger partial charge in [-0.2, -0.15) is 0 Å². The number of aryl methyl sites for hydroxylation is 1. The molecule has 0 saturated carbocycles. The zero-order chi connectivity index (χ0) is 17.7. The van der Waals surface area contributed by atoms with Crippen molar-refractivity contribution < 1.29 is 28.7 Å². The zero-order valence-corrected chi connectivity index (χ0v) is 13.3. The SMILES string of the molecule is CCOC(=O)c1c(C)[nH]c(C(=O)O[C@@H](C)C(=O)NC(N)=O)c1C. The van der Waals surface area contributed by atoms with Gasteiger partial charge in [-0.25, -0.2) is 14.4 Å². The summed E-state index contributed by atoms with van der Waals surface area (Å²) in [4.78, 5) is 48.8. The van der Waals surface area contributed by atoms with Crippen LogP contribution in [0.5, 0.6) is 0 Å². The number of hydrogen-bond acceptors (Lipinski definition) is 6. The fraction of sp³-hybridized carbons (Fsp3) is 0.429. The molecule has 9 heteroatoms. The highest BCUT2D eigenvalue weighted by Crippen LogP contribution is 2.20. The molecule has 4 N–H and O–H groups in total. The molecule has 1 heterocycles. The lowest BCUT2D eigenvalue weighted by atomic mass is 10.1. The molecule has 0 aliphatic rings. The van der Waals surface area contributed by atoms with Gasteiger partial charge >= 0.3 is 18.0 Å². The third-order valence-corrected chi connectivity index (χ3v) is 3.02. The summed E-state index contributed by atoms with van der Waals surface area (Å²) in [6, 6.07) is -1.05. The van der Waals surface area contributed by atoms with Crippen molar-refractivity contribution in [2.75, 3.05) is 6.61 Å². The molecule has 0 unspecified atom stereocenters. The smallest absolute Gasteiger partial charge is 0.355 e. The molecule has 0 aliphatic heterocycles. The van der Waals surface area contributed by atoms with E-state index in [2.05, 4.69) is 4.98 Å². The predicted octanol–water partition coefficient (Wildman–Crippen LogP) is 0.548. The average Bonchev–Trinajstić information content (AvgIpc) is 2.73. The van der Waals surface area contributed by atoms with Crippen molar-refractivity contribution in [3.8, 4) is 0 Å². The van der Waals surface area contributed by atoms with Crippen LogP contribution in [0.2, 0.25) is 0 Å². The van der Waals surface area contributed by atoms with Crippen LogP contribution in [0.1, 0.15) is 46.0 Å². The molecule has 0 bridgehead atoms. The number of esters is 2. The molecule has 1 rings (SSSR count). The lowest BCUT2D eigenvalue weighted by molar-refractivity contribution is -0.127. The topological polar surface area (TPSA) is 141 Å². The first-order valence-electron chi connectivity index (χ1n) is 6.86. The molecule has 23 heavy (non-hydrogen) atoms. The van der Waals surface area contributed by atoms with Crippen LogP contribution in [0.15, 0.2) is 0 Å². The van der Waals surface area contributed by atoms with E-state index in [1.165, 1.54) is 6.92 Å². The summed E-state index contributed by atoms with van der Waals surface area (Å²) >= 11 is 0. The van der Waals surface area contributed by atoms with Crippen molar-refractivity contribution >= 4 is 23.9 Å². The Hall–Kier alpha value is -2.84. The number of aromatic nitrogens is 1. The van der Waals surface area contributed by atoms with E-state index in [1.807, 2.05) is 0 Å². The van der Waals surface area contributed by atoms with Gasteiger partial charge in [0.15, 0.2) is 6.10 Å². The summed E-state index contributed by atoms with van der Waals surface area (Å²) < 4.78 is 9.87. The first kappa shape index (κ1) is 18.2. The number of primary amides is 1. The molecule has 9 nitrogen and oxygen atoms in total. The quantitative estimate of drug-likeness (QED) is 0.675. The molecule has 0 radical (unpaired) electrons. The van der Waals surface area contributed by atoms with Crippen molar-refractivity contribution in [1.82, 2.24) is 10.3 Å². The molecule has 126 valence electrons. The van der Waals surface area contributed by atoms with Crippen molar-refractivity contribution in [3.63, 3.8) is 0 Å². The largest absolute Gasteiger partial charge is 0.462 e. The fourth-order valence-electron chi connectivity index (χ4n) is 1.96. The van der Waals surface area contributed by atoms with Crippen LogP contribution in [0.4, 0.5) is 4.79 Å². The Morgan fingerprint density at radius 3 is 2.35 bits per heavy atom. The normalized spacial score (nSPS) is 11.5. The molecule has 1 atom stereocenters. The molecule has 0 fully saturated rings. The van der Waals surface area contributed by atoms with Crippen molar-refractivity contribution in [2.45, 2.75) is 33.8 Å². The van der Waals surface area contributed by atoms with Gasteiger partial charge in [0.25, 0.3) is 5.91 Å². The van der Waals surface area contributed by atoms with E-state index in [4.69, 9.17) is 15.2 Å². The van der Waals surface area contributed by atoms with Gasteiger partial charge in [-0.1, -0.05) is 0 Å². The minimum absolute atomic E-state index is 0.0317. The lowest BCUT2D eigenvalue weighted by Gasteiger charge is -2.11. The number of carbonyl (C=O) groups is 4. The number of nitrogens with one attached hydrogen (secondary N) is 2. The summed E-state index contributed by atoms with van der Waals surface area (Å²) in [5.74, 6) is -2.25. The van der Waals surface area contributed by atoms with Crippen molar-refractivity contribution in [2.24, 2.45) is 5.73 Å². The minimum Gasteiger partial charge on any atom is -0.462 e. The molecule has 0 spiro atoms. The first-order chi connectivity index (χ1) is 10.7. The maximum atomic E-state index is 12.1. The molecule has 3 amide bonds. The summed E-state index contributed by atoms with van der Waals surface area (Å²) in [6.07, 6.45) is -1.23. The van der Waals surface area contributed by atoms with E-state index < -0.39 is 30.0 Å². The van der Waals surface area contributed by atoms with Gasteiger partial charge < -0.3 is 20.2 Å².